The van der Waals surface area contributed by atoms with E-state index in [0.717, 1.165) is 11.1 Å². The summed E-state index contributed by atoms with van der Waals surface area (Å²) < 4.78 is 17.2. The fraction of sp³-hybridized carbons (Fsp3) is 0.200. The number of aliphatic hydroxyl groups excluding tert-OH is 1. The van der Waals surface area contributed by atoms with Crippen molar-refractivity contribution in [1.82, 2.24) is 0 Å². The molecule has 0 saturated carbocycles. The van der Waals surface area contributed by atoms with Gasteiger partial charge in [-0.25, -0.2) is 0 Å². The monoisotopic (exact) mass is 563 g/mol. The average Bonchev–Trinajstić information content (AvgIpc) is 3.26. The van der Waals surface area contributed by atoms with Crippen molar-refractivity contribution in [2.75, 3.05) is 12.0 Å². The molecule has 1 unspecified atom stereocenters. The van der Waals surface area contributed by atoms with Gasteiger partial charge in [-0.05, 0) is 79.9 Å². The summed E-state index contributed by atoms with van der Waals surface area (Å²) in [5.74, 6) is 0.0829. The van der Waals surface area contributed by atoms with E-state index in [1.54, 1.807) is 66.7 Å². The summed E-state index contributed by atoms with van der Waals surface area (Å²) in [7, 11) is 1.54. The van der Waals surface area contributed by atoms with Crippen LogP contribution >= 0.6 is 0 Å². The smallest absolute Gasteiger partial charge is 0.300 e. The van der Waals surface area contributed by atoms with E-state index in [2.05, 4.69) is 0 Å². The highest BCUT2D eigenvalue weighted by Crippen LogP contribution is 2.43. The Labute approximate surface area is 245 Å². The summed E-state index contributed by atoms with van der Waals surface area (Å²) in [6.07, 6.45) is -0.0128. The molecule has 1 saturated heterocycles. The predicted molar refractivity (Wildman–Crippen MR) is 162 cm³/mol. The lowest BCUT2D eigenvalue weighted by atomic mass is 9.94. The van der Waals surface area contributed by atoms with Gasteiger partial charge < -0.3 is 19.3 Å². The SMILES string of the molecule is COc1cccc(N2C(=O)C(=O)/C(=C(/O)c3ccc(OCc4ccccc4)c(C)c3)C2c2ccc(OC(C)C)cc2)c1. The minimum absolute atomic E-state index is 0.00213. The molecule has 5 rings (SSSR count). The molecule has 1 heterocycles. The van der Waals surface area contributed by atoms with E-state index in [9.17, 15) is 14.7 Å². The highest BCUT2D eigenvalue weighted by Gasteiger charge is 2.47. The Kier molecular flexibility index (Phi) is 8.29. The van der Waals surface area contributed by atoms with E-state index < -0.39 is 17.7 Å². The third kappa shape index (κ3) is 5.86. The molecule has 1 N–H and O–H groups in total. The van der Waals surface area contributed by atoms with E-state index in [1.807, 2.05) is 51.1 Å². The quantitative estimate of drug-likeness (QED) is 0.134. The van der Waals surface area contributed by atoms with Crippen LogP contribution in [0.4, 0.5) is 5.69 Å². The number of amides is 1. The van der Waals surface area contributed by atoms with Crippen LogP contribution in [0.5, 0.6) is 17.2 Å². The Morgan fingerprint density at radius 2 is 1.62 bits per heavy atom. The van der Waals surface area contributed by atoms with E-state index in [1.165, 1.54) is 12.0 Å². The van der Waals surface area contributed by atoms with Gasteiger partial charge in [0.05, 0.1) is 24.8 Å². The first-order valence-corrected chi connectivity index (χ1v) is 13.8. The van der Waals surface area contributed by atoms with Crippen LogP contribution in [0.25, 0.3) is 5.76 Å². The summed E-state index contributed by atoms with van der Waals surface area (Å²) in [6, 6.07) is 28.3. The number of ketones is 1. The summed E-state index contributed by atoms with van der Waals surface area (Å²) in [5, 5.41) is 11.6. The van der Waals surface area contributed by atoms with Crippen LogP contribution in [0.2, 0.25) is 0 Å². The van der Waals surface area contributed by atoms with Gasteiger partial charge >= 0.3 is 0 Å². The molecule has 0 aliphatic carbocycles. The number of methoxy groups -OCH3 is 1. The minimum Gasteiger partial charge on any atom is -0.507 e. The molecule has 7 nitrogen and oxygen atoms in total. The molecule has 4 aromatic rings. The van der Waals surface area contributed by atoms with E-state index in [4.69, 9.17) is 14.2 Å². The second-order valence-electron chi connectivity index (χ2n) is 10.4. The van der Waals surface area contributed by atoms with Gasteiger partial charge in [0.2, 0.25) is 0 Å². The Morgan fingerprint density at radius 3 is 2.29 bits per heavy atom. The first-order valence-electron chi connectivity index (χ1n) is 13.8. The zero-order chi connectivity index (χ0) is 29.8. The number of benzene rings is 4. The number of aryl methyl sites for hydroxylation is 1. The van der Waals surface area contributed by atoms with Crippen molar-refractivity contribution < 1.29 is 28.9 Å². The molecule has 0 radical (unpaired) electrons. The number of nitrogens with zero attached hydrogens (tertiary/aromatic N) is 1. The Hall–Kier alpha value is -5.04. The van der Waals surface area contributed by atoms with Crippen LogP contribution in [-0.2, 0) is 16.2 Å². The summed E-state index contributed by atoms with van der Waals surface area (Å²) in [6.45, 7) is 6.14. The second-order valence-corrected chi connectivity index (χ2v) is 10.4. The maximum atomic E-state index is 13.6. The van der Waals surface area contributed by atoms with Crippen LogP contribution in [0.1, 0.15) is 42.1 Å². The van der Waals surface area contributed by atoms with E-state index in [0.29, 0.717) is 40.7 Å². The molecule has 0 spiro atoms. The minimum atomic E-state index is -0.875. The largest absolute Gasteiger partial charge is 0.507 e. The molecule has 4 aromatic carbocycles. The van der Waals surface area contributed by atoms with Crippen molar-refractivity contribution in [2.24, 2.45) is 0 Å². The van der Waals surface area contributed by atoms with Gasteiger partial charge in [0.1, 0.15) is 29.6 Å². The molecule has 1 aliphatic heterocycles. The molecule has 7 heteroatoms. The Bertz CT molecular complexity index is 1630. The van der Waals surface area contributed by atoms with Crippen LogP contribution in [-0.4, -0.2) is 30.0 Å². The maximum Gasteiger partial charge on any atom is 0.300 e. The van der Waals surface area contributed by atoms with E-state index in [-0.39, 0.29) is 17.4 Å². The molecule has 1 amide bonds. The number of anilines is 1. The first-order chi connectivity index (χ1) is 20.3. The van der Waals surface area contributed by atoms with Gasteiger partial charge in [0.15, 0.2) is 0 Å². The first kappa shape index (κ1) is 28.5. The topological polar surface area (TPSA) is 85.3 Å². The van der Waals surface area contributed by atoms with Crippen molar-refractivity contribution >= 4 is 23.1 Å². The molecule has 214 valence electrons. The molecule has 1 aliphatic rings. The predicted octanol–water partition coefficient (Wildman–Crippen LogP) is 7.00. The number of aliphatic hydroxyl groups is 1. The third-order valence-corrected chi connectivity index (χ3v) is 7.03. The van der Waals surface area contributed by atoms with Crippen LogP contribution in [0.3, 0.4) is 0 Å². The zero-order valence-electron chi connectivity index (χ0n) is 24.0. The average molecular weight is 564 g/mol. The number of Topliss-reactive ketones (excluding diaryl/α,β-unsaturated/α-hetero) is 1. The maximum absolute atomic E-state index is 13.6. The number of carbonyl (C=O) groups excluding carboxylic acids is 2. The number of hydrogen-bond donors (Lipinski definition) is 1. The fourth-order valence-electron chi connectivity index (χ4n) is 5.02. The lowest BCUT2D eigenvalue weighted by Gasteiger charge is -2.26. The molecule has 0 bridgehead atoms. The number of hydrogen-bond acceptors (Lipinski definition) is 6. The standard InChI is InChI=1S/C35H33NO6/c1-22(2)42-28-16-13-25(14-17-28)32-31(34(38)35(39)36(32)27-11-8-12-29(20-27)40-4)33(37)26-15-18-30(23(3)19-26)41-21-24-9-6-5-7-10-24/h5-20,22,32,37H,21H2,1-4H3/b33-31+. The molecule has 42 heavy (non-hydrogen) atoms. The lowest BCUT2D eigenvalue weighted by Crippen LogP contribution is -2.29. The van der Waals surface area contributed by atoms with E-state index >= 15 is 0 Å². The Morgan fingerprint density at radius 1 is 0.881 bits per heavy atom. The molecular formula is C35H33NO6. The van der Waals surface area contributed by atoms with Crippen LogP contribution in [0, 0.1) is 6.92 Å². The van der Waals surface area contributed by atoms with Gasteiger partial charge in [-0.1, -0.05) is 48.5 Å². The van der Waals surface area contributed by atoms with Crippen molar-refractivity contribution in [1.29, 1.82) is 0 Å². The summed E-state index contributed by atoms with van der Waals surface area (Å²) in [4.78, 5) is 28.5. The zero-order valence-corrected chi connectivity index (χ0v) is 24.0. The molecule has 1 atom stereocenters. The van der Waals surface area contributed by atoms with Gasteiger partial charge in [-0.2, -0.15) is 0 Å². The highest BCUT2D eigenvalue weighted by molar-refractivity contribution is 6.51. The Balaban J connectivity index is 1.56. The van der Waals surface area contributed by atoms with Gasteiger partial charge in [0, 0.05) is 17.3 Å². The lowest BCUT2D eigenvalue weighted by molar-refractivity contribution is -0.132. The highest BCUT2D eigenvalue weighted by atomic mass is 16.5. The van der Waals surface area contributed by atoms with Gasteiger partial charge in [0.25, 0.3) is 11.7 Å². The molecule has 0 aromatic heterocycles. The molecule has 1 fully saturated rings. The number of ether oxygens (including phenoxy) is 3. The molecular weight excluding hydrogens is 530 g/mol. The van der Waals surface area contributed by atoms with Crippen molar-refractivity contribution in [2.45, 2.75) is 39.5 Å². The summed E-state index contributed by atoms with van der Waals surface area (Å²) in [5.41, 5.74) is 3.35. The number of carbonyl (C=O) groups is 2. The second kappa shape index (κ2) is 12.2. The van der Waals surface area contributed by atoms with Crippen molar-refractivity contribution in [3.8, 4) is 17.2 Å². The van der Waals surface area contributed by atoms with Crippen LogP contribution < -0.4 is 19.1 Å². The normalized spacial score (nSPS) is 16.1. The number of rotatable bonds is 9. The summed E-state index contributed by atoms with van der Waals surface area (Å²) >= 11 is 0. The van der Waals surface area contributed by atoms with Gasteiger partial charge in [-0.3, -0.25) is 14.5 Å². The van der Waals surface area contributed by atoms with Crippen molar-refractivity contribution in [3.05, 3.63) is 125 Å². The van der Waals surface area contributed by atoms with Crippen LogP contribution in [0.15, 0.2) is 103 Å². The fourth-order valence-corrected chi connectivity index (χ4v) is 5.02. The third-order valence-electron chi connectivity index (χ3n) is 7.03. The van der Waals surface area contributed by atoms with Crippen molar-refractivity contribution in [3.63, 3.8) is 0 Å². The van der Waals surface area contributed by atoms with Gasteiger partial charge in [-0.15, -0.1) is 0 Å².